The zero-order chi connectivity index (χ0) is 15.8. The molecule has 20 heavy (non-hydrogen) atoms. The average Bonchev–Trinajstić information content (AvgIpc) is 2.23. The minimum atomic E-state index is -1.11. The first kappa shape index (κ1) is 17.9. The first-order chi connectivity index (χ1) is 9.10. The summed E-state index contributed by atoms with van der Waals surface area (Å²) in [5.74, 6) is -2.00. The molecular formula is C12H21N3O5. The van der Waals surface area contributed by atoms with E-state index in [4.69, 9.17) is 5.11 Å². The van der Waals surface area contributed by atoms with E-state index >= 15 is 0 Å². The topological polar surface area (TPSA) is 125 Å². The monoisotopic (exact) mass is 287 g/mol. The van der Waals surface area contributed by atoms with E-state index in [0.717, 1.165) is 0 Å². The van der Waals surface area contributed by atoms with Gasteiger partial charge in [0.1, 0.15) is 0 Å². The van der Waals surface area contributed by atoms with Crippen molar-refractivity contribution in [2.75, 3.05) is 6.54 Å². The van der Waals surface area contributed by atoms with E-state index in [1.807, 2.05) is 26.1 Å². The van der Waals surface area contributed by atoms with Gasteiger partial charge in [0.15, 0.2) is 0 Å². The van der Waals surface area contributed by atoms with E-state index in [2.05, 4.69) is 10.6 Å². The first-order valence-electron chi connectivity index (χ1n) is 6.20. The highest BCUT2D eigenvalue weighted by Gasteiger charge is 2.14. The Bertz CT molecular complexity index is 387. The Labute approximate surface area is 117 Å². The number of aliphatic carboxylic acids is 1. The highest BCUT2D eigenvalue weighted by molar-refractivity contribution is 5.95. The van der Waals surface area contributed by atoms with Crippen LogP contribution in [0.15, 0.2) is 0 Å². The van der Waals surface area contributed by atoms with Crippen molar-refractivity contribution in [3.8, 4) is 0 Å². The number of carbonyl (C=O) groups excluding carboxylic acids is 3. The molecule has 4 N–H and O–H groups in total. The smallest absolute Gasteiger partial charge is 0.321 e. The normalized spacial score (nSPS) is 10.6. The zero-order valence-corrected chi connectivity index (χ0v) is 11.9. The van der Waals surface area contributed by atoms with Crippen LogP contribution in [0.5, 0.6) is 0 Å². The number of nitrogens with one attached hydrogen (secondary N) is 3. The molecule has 0 aromatic carbocycles. The fourth-order valence-electron chi connectivity index (χ4n) is 1.22. The molecular weight excluding hydrogens is 266 g/mol. The molecule has 114 valence electrons. The second kappa shape index (κ2) is 8.13. The van der Waals surface area contributed by atoms with Crippen molar-refractivity contribution in [1.29, 1.82) is 0 Å². The van der Waals surface area contributed by atoms with Gasteiger partial charge in [0, 0.05) is 24.9 Å². The highest BCUT2D eigenvalue weighted by atomic mass is 16.4. The lowest BCUT2D eigenvalue weighted by molar-refractivity contribution is -0.138. The Hall–Kier alpha value is -2.12. The van der Waals surface area contributed by atoms with Crippen molar-refractivity contribution in [2.24, 2.45) is 0 Å². The third-order valence-electron chi connectivity index (χ3n) is 1.97. The first-order valence-corrected chi connectivity index (χ1v) is 6.20. The lowest BCUT2D eigenvalue weighted by Crippen LogP contribution is -2.44. The number of amides is 4. The molecule has 0 aliphatic heterocycles. The van der Waals surface area contributed by atoms with Crippen LogP contribution in [0, 0.1) is 0 Å². The average molecular weight is 287 g/mol. The minimum Gasteiger partial charge on any atom is -0.481 e. The number of urea groups is 1. The summed E-state index contributed by atoms with van der Waals surface area (Å²) >= 11 is 0. The molecule has 0 fully saturated rings. The van der Waals surface area contributed by atoms with Gasteiger partial charge in [0.2, 0.25) is 11.8 Å². The standard InChI is InChI=1S/C12H21N3O5/c1-12(2,3)15-9(17)6-7-13-11(20)14-8(16)4-5-10(18)19/h4-7H2,1-3H3,(H,15,17)(H,18,19)(H2,13,14,16,20). The molecule has 0 aliphatic carbocycles. The van der Waals surface area contributed by atoms with Crippen LogP contribution >= 0.6 is 0 Å². The van der Waals surface area contributed by atoms with Crippen molar-refractivity contribution in [3.05, 3.63) is 0 Å². The van der Waals surface area contributed by atoms with Crippen LogP contribution in [0.2, 0.25) is 0 Å². The SMILES string of the molecule is CC(C)(C)NC(=O)CCNC(=O)NC(=O)CCC(=O)O. The lowest BCUT2D eigenvalue weighted by Gasteiger charge is -2.20. The second-order valence-corrected chi connectivity index (χ2v) is 5.25. The fraction of sp³-hybridized carbons (Fsp3) is 0.667. The van der Waals surface area contributed by atoms with Gasteiger partial charge in [-0.05, 0) is 20.8 Å². The van der Waals surface area contributed by atoms with Gasteiger partial charge < -0.3 is 15.7 Å². The van der Waals surface area contributed by atoms with Gasteiger partial charge in [-0.25, -0.2) is 4.79 Å². The molecule has 0 atom stereocenters. The van der Waals surface area contributed by atoms with Crippen LogP contribution in [-0.4, -0.2) is 41.0 Å². The largest absolute Gasteiger partial charge is 0.481 e. The van der Waals surface area contributed by atoms with Crippen LogP contribution in [0.3, 0.4) is 0 Å². The maximum Gasteiger partial charge on any atom is 0.321 e. The number of carbonyl (C=O) groups is 4. The summed E-state index contributed by atoms with van der Waals surface area (Å²) in [7, 11) is 0. The van der Waals surface area contributed by atoms with Crippen LogP contribution in [0.1, 0.15) is 40.0 Å². The van der Waals surface area contributed by atoms with Crippen molar-refractivity contribution < 1.29 is 24.3 Å². The van der Waals surface area contributed by atoms with E-state index < -0.39 is 17.9 Å². The van der Waals surface area contributed by atoms with E-state index in [0.29, 0.717) is 0 Å². The van der Waals surface area contributed by atoms with Gasteiger partial charge in [-0.3, -0.25) is 19.7 Å². The number of imide groups is 1. The number of carboxylic acid groups (broad SMARTS) is 1. The van der Waals surface area contributed by atoms with Gasteiger partial charge in [-0.15, -0.1) is 0 Å². The van der Waals surface area contributed by atoms with Crippen LogP contribution in [0.25, 0.3) is 0 Å². The number of rotatable bonds is 6. The molecule has 0 rings (SSSR count). The molecule has 8 heteroatoms. The van der Waals surface area contributed by atoms with E-state index in [9.17, 15) is 19.2 Å². The highest BCUT2D eigenvalue weighted by Crippen LogP contribution is 1.98. The third-order valence-corrected chi connectivity index (χ3v) is 1.97. The molecule has 4 amide bonds. The van der Waals surface area contributed by atoms with Gasteiger partial charge in [-0.1, -0.05) is 0 Å². The Morgan fingerprint density at radius 3 is 2.05 bits per heavy atom. The number of carboxylic acids is 1. The predicted molar refractivity (Wildman–Crippen MR) is 70.9 cm³/mol. The maximum atomic E-state index is 11.4. The summed E-state index contributed by atoms with van der Waals surface area (Å²) in [6, 6.07) is -0.746. The number of hydrogen-bond acceptors (Lipinski definition) is 4. The Kier molecular flexibility index (Phi) is 7.27. The minimum absolute atomic E-state index is 0.0833. The summed E-state index contributed by atoms with van der Waals surface area (Å²) in [6.45, 7) is 5.60. The number of hydrogen-bond donors (Lipinski definition) is 4. The van der Waals surface area contributed by atoms with Crippen molar-refractivity contribution in [1.82, 2.24) is 16.0 Å². The second-order valence-electron chi connectivity index (χ2n) is 5.25. The van der Waals surface area contributed by atoms with Crippen molar-refractivity contribution in [2.45, 2.75) is 45.6 Å². The molecule has 0 aromatic rings. The van der Waals surface area contributed by atoms with E-state index in [1.54, 1.807) is 0 Å². The quantitative estimate of drug-likeness (QED) is 0.546. The Balaban J connectivity index is 3.81. The molecule has 0 spiro atoms. The Morgan fingerprint density at radius 1 is 0.950 bits per heavy atom. The molecule has 0 saturated heterocycles. The van der Waals surface area contributed by atoms with Crippen molar-refractivity contribution >= 4 is 23.8 Å². The maximum absolute atomic E-state index is 11.4. The van der Waals surface area contributed by atoms with Crippen LogP contribution in [0.4, 0.5) is 4.79 Å². The molecule has 0 aliphatic rings. The molecule has 0 unspecified atom stereocenters. The summed E-state index contributed by atoms with van der Waals surface area (Å²) in [5, 5.41) is 15.4. The van der Waals surface area contributed by atoms with Gasteiger partial charge >= 0.3 is 12.0 Å². The lowest BCUT2D eigenvalue weighted by atomic mass is 10.1. The summed E-state index contributed by atoms with van der Waals surface area (Å²) in [6.07, 6.45) is -0.519. The van der Waals surface area contributed by atoms with Gasteiger partial charge in [0.25, 0.3) is 0 Å². The molecule has 0 saturated carbocycles. The molecule has 0 bridgehead atoms. The molecule has 0 heterocycles. The summed E-state index contributed by atoms with van der Waals surface area (Å²) < 4.78 is 0. The third kappa shape index (κ3) is 11.0. The van der Waals surface area contributed by atoms with Gasteiger partial charge in [-0.2, -0.15) is 0 Å². The predicted octanol–water partition coefficient (Wildman–Crippen LogP) is -0.0182. The van der Waals surface area contributed by atoms with Crippen LogP contribution < -0.4 is 16.0 Å². The van der Waals surface area contributed by atoms with Crippen LogP contribution in [-0.2, 0) is 14.4 Å². The summed E-state index contributed by atoms with van der Waals surface area (Å²) in [4.78, 5) is 44.0. The molecule has 0 aromatic heterocycles. The fourth-order valence-corrected chi connectivity index (χ4v) is 1.22. The summed E-state index contributed by atoms with van der Waals surface area (Å²) in [5.41, 5.74) is -0.341. The Morgan fingerprint density at radius 2 is 1.55 bits per heavy atom. The zero-order valence-electron chi connectivity index (χ0n) is 11.9. The van der Waals surface area contributed by atoms with E-state index in [1.165, 1.54) is 0 Å². The van der Waals surface area contributed by atoms with Crippen molar-refractivity contribution in [3.63, 3.8) is 0 Å². The molecule has 8 nitrogen and oxygen atoms in total. The molecule has 0 radical (unpaired) electrons. The van der Waals surface area contributed by atoms with E-state index in [-0.39, 0.29) is 37.3 Å². The van der Waals surface area contributed by atoms with Gasteiger partial charge in [0.05, 0.1) is 6.42 Å².